The van der Waals surface area contributed by atoms with Gasteiger partial charge in [-0.2, -0.15) is 0 Å². The van der Waals surface area contributed by atoms with Crippen LogP contribution >= 0.6 is 0 Å². The third-order valence-electron chi connectivity index (χ3n) is 7.58. The SMILES string of the molecule is CCCCC(C)(C)CN1CCN(c2ccc(S(=O)(=O)Nc3ccc(CCNC[C@H](O)c4cccnc4)cc3)cc2)C1=O. The van der Waals surface area contributed by atoms with Crippen molar-refractivity contribution in [3.05, 3.63) is 84.2 Å². The molecule has 3 N–H and O–H groups in total. The summed E-state index contributed by atoms with van der Waals surface area (Å²) in [7, 11) is -3.79. The highest BCUT2D eigenvalue weighted by Crippen LogP contribution is 2.29. The van der Waals surface area contributed by atoms with E-state index in [0.717, 1.165) is 36.8 Å². The number of aliphatic hydroxyl groups is 1. The maximum atomic E-state index is 13.1. The molecule has 1 atom stereocenters. The summed E-state index contributed by atoms with van der Waals surface area (Å²) in [6, 6.07) is 17.3. The lowest BCUT2D eigenvalue weighted by Crippen LogP contribution is -2.38. The van der Waals surface area contributed by atoms with Crippen LogP contribution in [0.5, 0.6) is 0 Å². The van der Waals surface area contributed by atoms with Crippen LogP contribution in [0.1, 0.15) is 57.3 Å². The molecule has 1 aliphatic heterocycles. The van der Waals surface area contributed by atoms with Gasteiger partial charge in [-0.3, -0.25) is 14.6 Å². The van der Waals surface area contributed by atoms with E-state index in [1.54, 1.807) is 59.8 Å². The zero-order valence-electron chi connectivity index (χ0n) is 24.8. The second-order valence-corrected chi connectivity index (χ2v) is 13.4. The van der Waals surface area contributed by atoms with Crippen LogP contribution in [0, 0.1) is 5.41 Å². The number of carbonyl (C=O) groups excluding carboxylic acids is 1. The number of hydrogen-bond donors (Lipinski definition) is 3. The lowest BCUT2D eigenvalue weighted by molar-refractivity contribution is 0.174. The summed E-state index contributed by atoms with van der Waals surface area (Å²) >= 11 is 0. The third-order valence-corrected chi connectivity index (χ3v) is 8.98. The Morgan fingerprint density at radius 1 is 1.05 bits per heavy atom. The summed E-state index contributed by atoms with van der Waals surface area (Å²) < 4.78 is 28.7. The zero-order valence-corrected chi connectivity index (χ0v) is 25.6. The van der Waals surface area contributed by atoms with E-state index >= 15 is 0 Å². The van der Waals surface area contributed by atoms with Gasteiger partial charge in [0.1, 0.15) is 0 Å². The number of nitrogens with zero attached hydrogens (tertiary/aromatic N) is 3. The second-order valence-electron chi connectivity index (χ2n) is 11.7. The quantitative estimate of drug-likeness (QED) is 0.209. The van der Waals surface area contributed by atoms with E-state index < -0.39 is 16.1 Å². The number of unbranched alkanes of at least 4 members (excludes halogenated alkanes) is 1. The number of hydrogen-bond acceptors (Lipinski definition) is 6. The van der Waals surface area contributed by atoms with Crippen molar-refractivity contribution in [1.82, 2.24) is 15.2 Å². The molecule has 3 aromatic rings. The van der Waals surface area contributed by atoms with Gasteiger partial charge in [0.25, 0.3) is 10.0 Å². The summed E-state index contributed by atoms with van der Waals surface area (Å²) in [4.78, 5) is 20.9. The van der Waals surface area contributed by atoms with Crippen LogP contribution in [-0.2, 0) is 16.4 Å². The largest absolute Gasteiger partial charge is 0.387 e. The molecule has 0 radical (unpaired) electrons. The Hall–Kier alpha value is -3.47. The Morgan fingerprint density at radius 2 is 1.79 bits per heavy atom. The first-order valence-corrected chi connectivity index (χ1v) is 16.1. The van der Waals surface area contributed by atoms with Gasteiger partial charge in [-0.25, -0.2) is 13.2 Å². The van der Waals surface area contributed by atoms with Gasteiger partial charge in [0, 0.05) is 55.5 Å². The van der Waals surface area contributed by atoms with E-state index in [4.69, 9.17) is 0 Å². The van der Waals surface area contributed by atoms with Crippen LogP contribution < -0.4 is 14.9 Å². The first-order valence-electron chi connectivity index (χ1n) is 14.6. The van der Waals surface area contributed by atoms with Gasteiger partial charge in [-0.1, -0.05) is 51.8 Å². The minimum atomic E-state index is -3.79. The minimum Gasteiger partial charge on any atom is -0.387 e. The molecule has 1 aliphatic rings. The fourth-order valence-corrected chi connectivity index (χ4v) is 6.20. The summed E-state index contributed by atoms with van der Waals surface area (Å²) in [5.74, 6) is 0. The van der Waals surface area contributed by atoms with Crippen molar-refractivity contribution < 1.29 is 18.3 Å². The first kappa shape index (κ1) is 31.5. The summed E-state index contributed by atoms with van der Waals surface area (Å²) in [5.41, 5.74) is 3.04. The number of nitrogens with one attached hydrogen (secondary N) is 2. The van der Waals surface area contributed by atoms with Gasteiger partial charge >= 0.3 is 6.03 Å². The normalized spacial score (nSPS) is 14.8. The first-order chi connectivity index (χ1) is 20.1. The van der Waals surface area contributed by atoms with Crippen molar-refractivity contribution in [3.8, 4) is 0 Å². The van der Waals surface area contributed by atoms with Crippen molar-refractivity contribution in [2.45, 2.75) is 57.5 Å². The molecule has 9 nitrogen and oxygen atoms in total. The van der Waals surface area contributed by atoms with E-state index in [1.807, 2.05) is 23.1 Å². The zero-order chi connectivity index (χ0) is 30.2. The van der Waals surface area contributed by atoms with Crippen LogP contribution in [-0.4, -0.2) is 62.2 Å². The van der Waals surface area contributed by atoms with Crippen LogP contribution in [0.15, 0.2) is 78.0 Å². The minimum absolute atomic E-state index is 0.0340. The molecule has 1 fully saturated rings. The summed E-state index contributed by atoms with van der Waals surface area (Å²) in [6.45, 7) is 9.63. The smallest absolute Gasteiger partial charge is 0.324 e. The molecular formula is C32H43N5O4S. The summed E-state index contributed by atoms with van der Waals surface area (Å²) in [5, 5.41) is 13.5. The van der Waals surface area contributed by atoms with Crippen molar-refractivity contribution in [2.75, 3.05) is 42.3 Å². The molecule has 2 aromatic carbocycles. The van der Waals surface area contributed by atoms with Crippen LogP contribution in [0.25, 0.3) is 0 Å². The molecular weight excluding hydrogens is 550 g/mol. The second kappa shape index (κ2) is 14.1. The fraction of sp³-hybridized carbons (Fsp3) is 0.438. The maximum Gasteiger partial charge on any atom is 0.324 e. The van der Waals surface area contributed by atoms with E-state index in [2.05, 4.69) is 35.8 Å². The molecule has 1 saturated heterocycles. The Balaban J connectivity index is 1.27. The lowest BCUT2D eigenvalue weighted by atomic mass is 9.87. The molecule has 42 heavy (non-hydrogen) atoms. The molecule has 4 rings (SSSR count). The summed E-state index contributed by atoms with van der Waals surface area (Å²) in [6.07, 6.45) is 6.79. The van der Waals surface area contributed by atoms with E-state index in [9.17, 15) is 18.3 Å². The topological polar surface area (TPSA) is 115 Å². The van der Waals surface area contributed by atoms with Crippen molar-refractivity contribution in [1.29, 1.82) is 0 Å². The molecule has 0 aliphatic carbocycles. The van der Waals surface area contributed by atoms with Gasteiger partial charge < -0.3 is 15.3 Å². The Labute approximate surface area is 250 Å². The number of aliphatic hydroxyl groups excluding tert-OH is 1. The van der Waals surface area contributed by atoms with E-state index in [0.29, 0.717) is 44.1 Å². The monoisotopic (exact) mass is 593 g/mol. The molecule has 2 amide bonds. The van der Waals surface area contributed by atoms with E-state index in [-0.39, 0.29) is 16.3 Å². The molecule has 1 aromatic heterocycles. The number of rotatable bonds is 15. The molecule has 10 heteroatoms. The number of aromatic nitrogens is 1. The number of amides is 2. The maximum absolute atomic E-state index is 13.1. The van der Waals surface area contributed by atoms with Crippen molar-refractivity contribution in [2.24, 2.45) is 5.41 Å². The number of urea groups is 1. The molecule has 0 unspecified atom stereocenters. The van der Waals surface area contributed by atoms with Crippen LogP contribution in [0.3, 0.4) is 0 Å². The van der Waals surface area contributed by atoms with Crippen LogP contribution in [0.2, 0.25) is 0 Å². The number of anilines is 2. The van der Waals surface area contributed by atoms with Gasteiger partial charge in [-0.05, 0) is 72.8 Å². The van der Waals surface area contributed by atoms with Crippen molar-refractivity contribution in [3.63, 3.8) is 0 Å². The number of sulfonamides is 1. The molecule has 0 saturated carbocycles. The highest BCUT2D eigenvalue weighted by atomic mass is 32.2. The van der Waals surface area contributed by atoms with Gasteiger partial charge in [0.05, 0.1) is 11.0 Å². The number of pyridine rings is 1. The number of benzene rings is 2. The average Bonchev–Trinajstić information content (AvgIpc) is 3.34. The lowest BCUT2D eigenvalue weighted by Gasteiger charge is -2.30. The van der Waals surface area contributed by atoms with Crippen molar-refractivity contribution >= 4 is 27.4 Å². The van der Waals surface area contributed by atoms with Crippen LogP contribution in [0.4, 0.5) is 16.2 Å². The molecule has 0 bridgehead atoms. The standard InChI is InChI=1S/C32H43N5O4S/c1-4-5-17-32(2,3)24-36-20-21-37(31(36)39)28-12-14-29(15-13-28)42(40,41)35-27-10-8-25(9-11-27)16-19-34-23-30(38)26-7-6-18-33-22-26/h6-15,18,22,30,34-35,38H,4-5,16-17,19-21,23-24H2,1-3H3/t30-/m0/s1. The average molecular weight is 594 g/mol. The highest BCUT2D eigenvalue weighted by Gasteiger charge is 2.33. The Kier molecular flexibility index (Phi) is 10.6. The van der Waals surface area contributed by atoms with E-state index in [1.165, 1.54) is 0 Å². The molecule has 0 spiro atoms. The van der Waals surface area contributed by atoms with Gasteiger partial charge in [-0.15, -0.1) is 0 Å². The predicted molar refractivity (Wildman–Crippen MR) is 167 cm³/mol. The fourth-order valence-electron chi connectivity index (χ4n) is 5.14. The number of carbonyl (C=O) groups is 1. The Bertz CT molecular complexity index is 1400. The van der Waals surface area contributed by atoms with Gasteiger partial charge in [0.15, 0.2) is 0 Å². The predicted octanol–water partition coefficient (Wildman–Crippen LogP) is 5.21. The molecule has 2 heterocycles. The highest BCUT2D eigenvalue weighted by molar-refractivity contribution is 7.92. The van der Waals surface area contributed by atoms with Gasteiger partial charge in [0.2, 0.25) is 0 Å². The third kappa shape index (κ3) is 8.53. The Morgan fingerprint density at radius 3 is 2.45 bits per heavy atom. The molecule has 226 valence electrons.